The summed E-state index contributed by atoms with van der Waals surface area (Å²) in [6.45, 7) is 3.34. The fourth-order valence-electron chi connectivity index (χ4n) is 4.54. The number of fused-ring (bicyclic) bond motifs is 1. The van der Waals surface area contributed by atoms with Gasteiger partial charge in [-0.15, -0.1) is 11.3 Å². The van der Waals surface area contributed by atoms with Crippen LogP contribution in [-0.2, 0) is 6.54 Å². The van der Waals surface area contributed by atoms with Gasteiger partial charge in [0, 0.05) is 42.3 Å². The molecule has 0 saturated carbocycles. The van der Waals surface area contributed by atoms with E-state index in [4.69, 9.17) is 5.26 Å². The lowest BCUT2D eigenvalue weighted by Crippen LogP contribution is -2.56. The highest BCUT2D eigenvalue weighted by Crippen LogP contribution is 2.28. The Morgan fingerprint density at radius 2 is 1.92 bits per heavy atom. The van der Waals surface area contributed by atoms with Crippen LogP contribution in [0, 0.1) is 17.1 Å². The largest absolute Gasteiger partial charge is 0.334 e. The van der Waals surface area contributed by atoms with Crippen molar-refractivity contribution >= 4 is 39.2 Å². The lowest BCUT2D eigenvalue weighted by Gasteiger charge is -2.39. The van der Waals surface area contributed by atoms with Crippen LogP contribution in [-0.4, -0.2) is 52.0 Å². The third kappa shape index (κ3) is 4.55. The van der Waals surface area contributed by atoms with Crippen molar-refractivity contribution in [1.82, 2.24) is 14.4 Å². The van der Waals surface area contributed by atoms with Crippen molar-refractivity contribution in [2.24, 2.45) is 0 Å². The zero-order valence-electron chi connectivity index (χ0n) is 19.6. The zero-order chi connectivity index (χ0) is 25.2. The minimum Gasteiger partial charge on any atom is -0.334 e. The lowest BCUT2D eigenvalue weighted by molar-refractivity contribution is 0.0583. The topological polar surface area (TPSA) is 81.4 Å². The number of piperazine rings is 1. The van der Waals surface area contributed by atoms with Crippen molar-refractivity contribution in [3.05, 3.63) is 88.7 Å². The molecule has 2 aromatic heterocycles. The normalized spacial score (nSPS) is 15.6. The van der Waals surface area contributed by atoms with E-state index in [0.29, 0.717) is 42.1 Å². The first-order valence-corrected chi connectivity index (χ1v) is 12.5. The average molecular weight is 502 g/mol. The quantitative estimate of drug-likeness (QED) is 0.420. The van der Waals surface area contributed by atoms with Crippen molar-refractivity contribution in [2.45, 2.75) is 19.5 Å². The average Bonchev–Trinajstić information content (AvgIpc) is 3.48. The highest BCUT2D eigenvalue weighted by Gasteiger charge is 2.32. The van der Waals surface area contributed by atoms with E-state index in [0.717, 1.165) is 10.2 Å². The molecule has 1 N–H and O–H groups in total. The van der Waals surface area contributed by atoms with Gasteiger partial charge in [0.25, 0.3) is 5.91 Å². The maximum atomic E-state index is 14.4. The zero-order valence-corrected chi connectivity index (χ0v) is 20.5. The number of nitrogens with one attached hydrogen (secondary N) is 1. The summed E-state index contributed by atoms with van der Waals surface area (Å²) in [7, 11) is 0. The summed E-state index contributed by atoms with van der Waals surface area (Å²) in [6.07, 6.45) is 0. The summed E-state index contributed by atoms with van der Waals surface area (Å²) in [5, 5.41) is 14.7. The number of aromatic nitrogens is 1. The standard InChI is InChI=1S/C27H24FN5O2S/c1-18-16-31(11-12-32(18)27(35)30-22-8-6-19(15-29)7-9-22)25(34)24-14-20-10-13-36-26(20)33(24)17-21-4-2-3-5-23(21)28/h2-10,13-14,18H,11-12,16-17H2,1H3,(H,30,35). The fourth-order valence-corrected chi connectivity index (χ4v) is 5.43. The van der Waals surface area contributed by atoms with Crippen LogP contribution < -0.4 is 5.32 Å². The minimum atomic E-state index is -0.301. The van der Waals surface area contributed by atoms with Crippen molar-refractivity contribution < 1.29 is 14.0 Å². The molecule has 0 aliphatic carbocycles. The molecular weight excluding hydrogens is 477 g/mol. The SMILES string of the molecule is CC1CN(C(=O)c2cc3ccsc3n2Cc2ccccc2F)CCN1C(=O)Nc1ccc(C#N)cc1. The Labute approximate surface area is 212 Å². The molecule has 1 unspecified atom stereocenters. The van der Waals surface area contributed by atoms with Crippen LogP contribution in [0.3, 0.4) is 0 Å². The molecule has 5 rings (SSSR count). The van der Waals surface area contributed by atoms with Gasteiger partial charge in [-0.3, -0.25) is 4.79 Å². The minimum absolute atomic E-state index is 0.131. The van der Waals surface area contributed by atoms with Gasteiger partial charge in [-0.2, -0.15) is 5.26 Å². The van der Waals surface area contributed by atoms with Crippen LogP contribution in [0.25, 0.3) is 10.2 Å². The van der Waals surface area contributed by atoms with E-state index in [1.165, 1.54) is 17.4 Å². The Bertz CT molecular complexity index is 1470. The molecule has 0 radical (unpaired) electrons. The van der Waals surface area contributed by atoms with Crippen molar-refractivity contribution in [1.29, 1.82) is 5.26 Å². The fraction of sp³-hybridized carbons (Fsp3) is 0.222. The summed E-state index contributed by atoms with van der Waals surface area (Å²) in [5.74, 6) is -0.432. The van der Waals surface area contributed by atoms with E-state index in [9.17, 15) is 14.0 Å². The highest BCUT2D eigenvalue weighted by molar-refractivity contribution is 7.16. The van der Waals surface area contributed by atoms with Crippen LogP contribution >= 0.6 is 11.3 Å². The molecule has 36 heavy (non-hydrogen) atoms. The molecule has 9 heteroatoms. The summed E-state index contributed by atoms with van der Waals surface area (Å²) < 4.78 is 16.3. The van der Waals surface area contributed by atoms with Gasteiger partial charge < -0.3 is 19.7 Å². The Kier molecular flexibility index (Phi) is 6.44. The third-order valence-electron chi connectivity index (χ3n) is 6.45. The summed E-state index contributed by atoms with van der Waals surface area (Å²) in [6, 6.07) is 18.7. The second kappa shape index (κ2) is 9.84. The van der Waals surface area contributed by atoms with Gasteiger partial charge in [0.05, 0.1) is 18.2 Å². The number of hydrogen-bond donors (Lipinski definition) is 1. The summed E-state index contributed by atoms with van der Waals surface area (Å²) >= 11 is 1.52. The molecule has 0 bridgehead atoms. The van der Waals surface area contributed by atoms with E-state index in [-0.39, 0.29) is 30.3 Å². The number of amides is 3. The van der Waals surface area contributed by atoms with E-state index in [1.54, 1.807) is 52.3 Å². The molecule has 2 aromatic carbocycles. The molecule has 1 aliphatic rings. The second-order valence-electron chi connectivity index (χ2n) is 8.80. The van der Waals surface area contributed by atoms with E-state index in [2.05, 4.69) is 11.4 Å². The maximum Gasteiger partial charge on any atom is 0.322 e. The lowest BCUT2D eigenvalue weighted by atomic mass is 10.1. The Balaban J connectivity index is 1.31. The van der Waals surface area contributed by atoms with Gasteiger partial charge in [-0.25, -0.2) is 9.18 Å². The van der Waals surface area contributed by atoms with Gasteiger partial charge in [0.2, 0.25) is 0 Å². The van der Waals surface area contributed by atoms with Gasteiger partial charge in [0.15, 0.2) is 0 Å². The number of benzene rings is 2. The number of nitriles is 1. The summed E-state index contributed by atoms with van der Waals surface area (Å²) in [4.78, 5) is 30.9. The molecule has 3 amide bonds. The van der Waals surface area contributed by atoms with Crippen LogP contribution in [0.1, 0.15) is 28.5 Å². The molecule has 4 aromatic rings. The van der Waals surface area contributed by atoms with Crippen LogP contribution in [0.5, 0.6) is 0 Å². The predicted molar refractivity (Wildman–Crippen MR) is 138 cm³/mol. The first-order valence-electron chi connectivity index (χ1n) is 11.6. The van der Waals surface area contributed by atoms with Gasteiger partial charge in [0.1, 0.15) is 16.3 Å². The van der Waals surface area contributed by atoms with Crippen LogP contribution in [0.15, 0.2) is 66.0 Å². The van der Waals surface area contributed by atoms with Gasteiger partial charge in [-0.1, -0.05) is 18.2 Å². The number of anilines is 1. The Morgan fingerprint density at radius 3 is 2.64 bits per heavy atom. The number of hydrogen-bond acceptors (Lipinski definition) is 4. The number of carbonyl (C=O) groups is 2. The molecule has 182 valence electrons. The van der Waals surface area contributed by atoms with E-state index in [1.807, 2.05) is 29.0 Å². The van der Waals surface area contributed by atoms with Gasteiger partial charge >= 0.3 is 6.03 Å². The van der Waals surface area contributed by atoms with Crippen molar-refractivity contribution in [3.8, 4) is 6.07 Å². The number of halogens is 1. The maximum absolute atomic E-state index is 14.4. The monoisotopic (exact) mass is 501 g/mol. The molecular formula is C27H24FN5O2S. The predicted octanol–water partition coefficient (Wildman–Crippen LogP) is 5.14. The molecule has 0 spiro atoms. The Hall–Kier alpha value is -4.16. The molecule has 1 atom stereocenters. The second-order valence-corrected chi connectivity index (χ2v) is 9.70. The van der Waals surface area contributed by atoms with E-state index < -0.39 is 0 Å². The molecule has 7 nitrogen and oxygen atoms in total. The van der Waals surface area contributed by atoms with Crippen LogP contribution in [0.4, 0.5) is 14.9 Å². The number of urea groups is 1. The smallest absolute Gasteiger partial charge is 0.322 e. The number of carbonyl (C=O) groups excluding carboxylic acids is 2. The van der Waals surface area contributed by atoms with E-state index >= 15 is 0 Å². The Morgan fingerprint density at radius 1 is 1.14 bits per heavy atom. The molecule has 1 aliphatic heterocycles. The number of nitrogens with zero attached hydrogens (tertiary/aromatic N) is 4. The number of thiophene rings is 1. The number of rotatable bonds is 4. The van der Waals surface area contributed by atoms with Gasteiger partial charge in [-0.05, 0) is 54.8 Å². The third-order valence-corrected chi connectivity index (χ3v) is 7.40. The van der Waals surface area contributed by atoms with Crippen molar-refractivity contribution in [2.75, 3.05) is 25.0 Å². The van der Waals surface area contributed by atoms with Crippen LogP contribution in [0.2, 0.25) is 0 Å². The van der Waals surface area contributed by atoms with Crippen molar-refractivity contribution in [3.63, 3.8) is 0 Å². The highest BCUT2D eigenvalue weighted by atomic mass is 32.1. The first-order chi connectivity index (χ1) is 17.4. The summed E-state index contributed by atoms with van der Waals surface area (Å²) in [5.41, 5.74) is 2.17. The first kappa shape index (κ1) is 23.6. The molecule has 3 heterocycles. The molecule has 1 saturated heterocycles. The molecule has 1 fully saturated rings.